The first-order valence-electron chi connectivity index (χ1n) is 11.2. The van der Waals surface area contributed by atoms with Crippen LogP contribution in [-0.2, 0) is 11.2 Å². The quantitative estimate of drug-likeness (QED) is 0.234. The normalized spacial score (nSPS) is 10.7. The second kappa shape index (κ2) is 10.1. The predicted octanol–water partition coefficient (Wildman–Crippen LogP) is 5.23. The molecule has 0 saturated heterocycles. The molecule has 0 radical (unpaired) electrons. The smallest absolute Gasteiger partial charge is 0.322 e. The van der Waals surface area contributed by atoms with Gasteiger partial charge in [-0.1, -0.05) is 53.6 Å². The lowest BCUT2D eigenvalue weighted by atomic mass is 10.0. The Kier molecular flexibility index (Phi) is 6.37. The summed E-state index contributed by atoms with van der Waals surface area (Å²) in [5, 5.41) is 25.9. The third-order valence-electron chi connectivity index (χ3n) is 5.61. The number of anilines is 2. The number of hydrogen-bond donors (Lipinski definition) is 2. The van der Waals surface area contributed by atoms with Crippen molar-refractivity contribution in [3.63, 3.8) is 0 Å². The van der Waals surface area contributed by atoms with Gasteiger partial charge in [0, 0.05) is 28.9 Å². The Morgan fingerprint density at radius 1 is 0.865 bits per heavy atom. The highest BCUT2D eigenvalue weighted by atomic mass is 16.6. The van der Waals surface area contributed by atoms with Gasteiger partial charge in [0.15, 0.2) is 0 Å². The molecule has 0 aliphatic carbocycles. The van der Waals surface area contributed by atoms with Gasteiger partial charge in [-0.25, -0.2) is 0 Å². The highest BCUT2D eigenvalue weighted by molar-refractivity contribution is 6.04. The van der Waals surface area contributed by atoms with Crippen LogP contribution >= 0.6 is 0 Å². The van der Waals surface area contributed by atoms with E-state index in [9.17, 15) is 19.7 Å². The molecule has 2 amide bonds. The molecular formula is C27H19N5O5. The molecule has 0 aliphatic rings. The van der Waals surface area contributed by atoms with E-state index in [1.807, 2.05) is 42.5 Å². The van der Waals surface area contributed by atoms with Gasteiger partial charge < -0.3 is 9.73 Å². The van der Waals surface area contributed by atoms with Gasteiger partial charge in [0.2, 0.25) is 11.8 Å². The molecular weight excluding hydrogens is 474 g/mol. The Morgan fingerprint density at radius 3 is 2.43 bits per heavy atom. The van der Waals surface area contributed by atoms with Crippen molar-refractivity contribution in [2.24, 2.45) is 0 Å². The summed E-state index contributed by atoms with van der Waals surface area (Å²) in [7, 11) is 0. The molecule has 0 atom stereocenters. The van der Waals surface area contributed by atoms with Crippen LogP contribution in [0.5, 0.6) is 0 Å². The number of carbonyl (C=O) groups excluding carboxylic acids is 2. The van der Waals surface area contributed by atoms with Gasteiger partial charge in [-0.15, -0.1) is 5.10 Å². The molecule has 10 nitrogen and oxygen atoms in total. The number of nitro benzene ring substituents is 1. The third-order valence-corrected chi connectivity index (χ3v) is 5.61. The molecule has 5 aromatic rings. The van der Waals surface area contributed by atoms with Gasteiger partial charge >= 0.3 is 6.01 Å². The van der Waals surface area contributed by atoms with E-state index >= 15 is 0 Å². The number of carbonyl (C=O) groups is 2. The maximum atomic E-state index is 12.7. The molecule has 0 fully saturated rings. The van der Waals surface area contributed by atoms with Crippen molar-refractivity contribution in [3.05, 3.63) is 112 Å². The molecule has 4 aromatic carbocycles. The first-order valence-corrected chi connectivity index (χ1v) is 11.2. The van der Waals surface area contributed by atoms with Crippen molar-refractivity contribution >= 4 is 40.0 Å². The van der Waals surface area contributed by atoms with E-state index in [1.54, 1.807) is 24.3 Å². The molecule has 0 aliphatic heterocycles. The number of hydrogen-bond acceptors (Lipinski definition) is 7. The van der Waals surface area contributed by atoms with Crippen LogP contribution in [0.15, 0.2) is 95.4 Å². The molecule has 0 bridgehead atoms. The van der Waals surface area contributed by atoms with E-state index in [4.69, 9.17) is 4.42 Å². The van der Waals surface area contributed by atoms with Crippen LogP contribution in [0, 0.1) is 10.1 Å². The number of nitro groups is 1. The zero-order chi connectivity index (χ0) is 25.8. The lowest BCUT2D eigenvalue weighted by Gasteiger charge is -2.09. The Labute approximate surface area is 210 Å². The zero-order valence-electron chi connectivity index (χ0n) is 19.3. The molecule has 1 heterocycles. The summed E-state index contributed by atoms with van der Waals surface area (Å²) < 4.78 is 5.46. The van der Waals surface area contributed by atoms with Crippen LogP contribution in [0.3, 0.4) is 0 Å². The highest BCUT2D eigenvalue weighted by Crippen LogP contribution is 2.23. The summed E-state index contributed by atoms with van der Waals surface area (Å²) in [6.45, 7) is 0. The Bertz CT molecular complexity index is 1620. The molecule has 0 saturated carbocycles. The number of benzene rings is 4. The minimum atomic E-state index is -0.510. The van der Waals surface area contributed by atoms with Gasteiger partial charge in [0.25, 0.3) is 11.6 Å². The van der Waals surface area contributed by atoms with Crippen molar-refractivity contribution in [1.29, 1.82) is 0 Å². The fraction of sp³-hybridized carbons (Fsp3) is 0.0370. The predicted molar refractivity (Wildman–Crippen MR) is 137 cm³/mol. The van der Waals surface area contributed by atoms with E-state index in [0.29, 0.717) is 11.3 Å². The van der Waals surface area contributed by atoms with Crippen LogP contribution < -0.4 is 10.6 Å². The molecule has 5 rings (SSSR count). The summed E-state index contributed by atoms with van der Waals surface area (Å²) in [6, 6.07) is 25.6. The lowest BCUT2D eigenvalue weighted by molar-refractivity contribution is -0.384. The zero-order valence-corrected chi connectivity index (χ0v) is 19.3. The summed E-state index contributed by atoms with van der Waals surface area (Å²) in [4.78, 5) is 35.7. The second-order valence-corrected chi connectivity index (χ2v) is 8.11. The monoisotopic (exact) mass is 493 g/mol. The molecule has 1 aromatic heterocycles. The summed E-state index contributed by atoms with van der Waals surface area (Å²) >= 11 is 0. The molecule has 10 heteroatoms. The Hall–Kier alpha value is -5.38. The number of non-ortho nitro benzene ring substituents is 1. The van der Waals surface area contributed by atoms with Crippen molar-refractivity contribution < 1.29 is 18.9 Å². The number of amides is 2. The fourth-order valence-electron chi connectivity index (χ4n) is 3.85. The standard InChI is InChI=1S/C27H19N5O5/c33-24(16-19-7-3-6-17-5-1-2-10-23(17)19)28-21-9-4-8-20(15-21)25(34)29-27-31-30-26(37-27)18-11-13-22(14-12-18)32(35)36/h1-15H,16H2,(H,28,33)(H,29,31,34). The van der Waals surface area contributed by atoms with E-state index in [-0.39, 0.29) is 35.5 Å². The summed E-state index contributed by atoms with van der Waals surface area (Å²) in [5.41, 5.74) is 2.05. The topological polar surface area (TPSA) is 140 Å². The first-order chi connectivity index (χ1) is 18.0. The maximum absolute atomic E-state index is 12.7. The van der Waals surface area contributed by atoms with Crippen molar-refractivity contribution in [1.82, 2.24) is 10.2 Å². The maximum Gasteiger partial charge on any atom is 0.322 e. The second-order valence-electron chi connectivity index (χ2n) is 8.11. The van der Waals surface area contributed by atoms with Crippen molar-refractivity contribution in [3.8, 4) is 11.5 Å². The lowest BCUT2D eigenvalue weighted by Crippen LogP contribution is -2.16. The highest BCUT2D eigenvalue weighted by Gasteiger charge is 2.15. The van der Waals surface area contributed by atoms with Gasteiger partial charge in [-0.2, -0.15) is 0 Å². The van der Waals surface area contributed by atoms with E-state index < -0.39 is 10.8 Å². The van der Waals surface area contributed by atoms with Crippen LogP contribution in [0.25, 0.3) is 22.2 Å². The Morgan fingerprint density at radius 2 is 1.62 bits per heavy atom. The minimum Gasteiger partial charge on any atom is -0.403 e. The largest absolute Gasteiger partial charge is 0.403 e. The fourth-order valence-corrected chi connectivity index (χ4v) is 3.85. The van der Waals surface area contributed by atoms with Crippen LogP contribution in [0.2, 0.25) is 0 Å². The van der Waals surface area contributed by atoms with Crippen LogP contribution in [0.4, 0.5) is 17.4 Å². The molecule has 182 valence electrons. The number of nitrogens with one attached hydrogen (secondary N) is 2. The molecule has 2 N–H and O–H groups in total. The number of rotatable bonds is 7. The molecule has 0 unspecified atom stereocenters. The average Bonchev–Trinajstić information content (AvgIpc) is 3.37. The van der Waals surface area contributed by atoms with Crippen LogP contribution in [0.1, 0.15) is 15.9 Å². The Balaban J connectivity index is 1.24. The number of aromatic nitrogens is 2. The summed E-state index contributed by atoms with van der Waals surface area (Å²) in [5.74, 6) is -0.623. The van der Waals surface area contributed by atoms with Crippen molar-refractivity contribution in [2.45, 2.75) is 6.42 Å². The van der Waals surface area contributed by atoms with Gasteiger partial charge in [0.05, 0.1) is 11.3 Å². The minimum absolute atomic E-state index is 0.0686. The van der Waals surface area contributed by atoms with Gasteiger partial charge in [0.1, 0.15) is 0 Å². The van der Waals surface area contributed by atoms with Gasteiger partial charge in [-0.05, 0) is 46.7 Å². The van der Waals surface area contributed by atoms with Crippen molar-refractivity contribution in [2.75, 3.05) is 10.6 Å². The van der Waals surface area contributed by atoms with Gasteiger partial charge in [-0.3, -0.25) is 25.0 Å². The average molecular weight is 493 g/mol. The van der Waals surface area contributed by atoms with Crippen LogP contribution in [-0.4, -0.2) is 26.9 Å². The van der Waals surface area contributed by atoms with E-state index in [1.165, 1.54) is 24.3 Å². The van der Waals surface area contributed by atoms with E-state index in [2.05, 4.69) is 20.8 Å². The summed E-state index contributed by atoms with van der Waals surface area (Å²) in [6.07, 6.45) is 0.186. The molecule has 0 spiro atoms. The number of fused-ring (bicyclic) bond motifs is 1. The SMILES string of the molecule is O=C(Cc1cccc2ccccc12)Nc1cccc(C(=O)Nc2nnc(-c3ccc([N+](=O)[O-])cc3)o2)c1. The molecule has 37 heavy (non-hydrogen) atoms. The van der Waals surface area contributed by atoms with E-state index in [0.717, 1.165) is 16.3 Å². The third kappa shape index (κ3) is 5.33. The number of nitrogens with zero attached hydrogens (tertiary/aromatic N) is 3. The first kappa shape index (κ1) is 23.4.